The minimum Gasteiger partial charge on any atom is -0.394 e. The maximum Gasteiger partial charge on any atom is 0.254 e. The first-order chi connectivity index (χ1) is 10.1. The number of aromatic nitrogens is 1. The van der Waals surface area contributed by atoms with Crippen molar-refractivity contribution in [2.45, 2.75) is 18.9 Å². The van der Waals surface area contributed by atoms with Crippen LogP contribution in [0.3, 0.4) is 0 Å². The Hall–Kier alpha value is -1.37. The Labute approximate surface area is 129 Å². The van der Waals surface area contributed by atoms with E-state index in [1.807, 2.05) is 0 Å². The number of likely N-dealkylation sites (tertiary alicyclic amines) is 1. The molecule has 6 nitrogen and oxygen atoms in total. The third kappa shape index (κ3) is 4.30. The molecular weight excluding hydrogens is 294 g/mol. The first-order valence-electron chi connectivity index (χ1n) is 7.01. The molecule has 2 N–H and O–H groups in total. The highest BCUT2D eigenvalue weighted by Crippen LogP contribution is 2.19. The molecule has 2 rings (SSSR count). The molecule has 7 heteroatoms. The fraction of sp³-hybridized carbons (Fsp3) is 0.571. The van der Waals surface area contributed by atoms with Crippen molar-refractivity contribution in [1.82, 2.24) is 9.88 Å². The van der Waals surface area contributed by atoms with Gasteiger partial charge in [0.1, 0.15) is 11.0 Å². The third-order valence-electron chi connectivity index (χ3n) is 3.47. The monoisotopic (exact) mass is 313 g/mol. The Morgan fingerprint density at radius 2 is 2.24 bits per heavy atom. The molecule has 1 saturated heterocycles. The average Bonchev–Trinajstić information content (AvgIpc) is 2.52. The van der Waals surface area contributed by atoms with Crippen molar-refractivity contribution in [2.75, 3.05) is 38.7 Å². The van der Waals surface area contributed by atoms with Crippen LogP contribution in [0.4, 0.5) is 5.82 Å². The van der Waals surface area contributed by atoms with E-state index in [1.165, 1.54) is 0 Å². The Morgan fingerprint density at radius 1 is 1.52 bits per heavy atom. The fourth-order valence-electron chi connectivity index (χ4n) is 2.38. The van der Waals surface area contributed by atoms with E-state index >= 15 is 0 Å². The van der Waals surface area contributed by atoms with Gasteiger partial charge in [0.15, 0.2) is 0 Å². The summed E-state index contributed by atoms with van der Waals surface area (Å²) < 4.78 is 5.49. The number of hydrogen-bond donors (Lipinski definition) is 2. The number of anilines is 1. The number of piperidine rings is 1. The maximum absolute atomic E-state index is 12.5. The van der Waals surface area contributed by atoms with Crippen molar-refractivity contribution in [1.29, 1.82) is 0 Å². The summed E-state index contributed by atoms with van der Waals surface area (Å²) in [4.78, 5) is 18.3. The minimum absolute atomic E-state index is 0.0292. The lowest BCUT2D eigenvalue weighted by atomic mass is 10.1. The summed E-state index contributed by atoms with van der Waals surface area (Å²) in [5.74, 6) is 0.531. The number of halogens is 1. The van der Waals surface area contributed by atoms with Crippen molar-refractivity contribution in [2.24, 2.45) is 0 Å². The van der Waals surface area contributed by atoms with Gasteiger partial charge in [-0.25, -0.2) is 4.98 Å². The van der Waals surface area contributed by atoms with Crippen LogP contribution in [0.2, 0.25) is 5.15 Å². The summed E-state index contributed by atoms with van der Waals surface area (Å²) in [6.45, 7) is 1.67. The van der Waals surface area contributed by atoms with Gasteiger partial charge in [0, 0.05) is 25.7 Å². The van der Waals surface area contributed by atoms with Crippen LogP contribution in [0.1, 0.15) is 23.2 Å². The van der Waals surface area contributed by atoms with Crippen molar-refractivity contribution in [3.8, 4) is 0 Å². The van der Waals surface area contributed by atoms with Crippen molar-refractivity contribution in [3.05, 3.63) is 22.8 Å². The van der Waals surface area contributed by atoms with Gasteiger partial charge in [-0.15, -0.1) is 0 Å². The van der Waals surface area contributed by atoms with Gasteiger partial charge in [0.05, 0.1) is 19.3 Å². The van der Waals surface area contributed by atoms with Gasteiger partial charge in [0.25, 0.3) is 5.91 Å². The first-order valence-corrected chi connectivity index (χ1v) is 7.39. The standard InChI is InChI=1S/C14H20ClN3O3/c1-16-13-9-10(8-12(15)17-13)14(20)18-4-2-11(3-5-18)21-7-6-19/h8-9,11,19H,2-7H2,1H3,(H,16,17). The smallest absolute Gasteiger partial charge is 0.254 e. The van der Waals surface area contributed by atoms with E-state index < -0.39 is 0 Å². The van der Waals surface area contributed by atoms with Crippen LogP contribution in [0.25, 0.3) is 0 Å². The number of nitrogens with zero attached hydrogens (tertiary/aromatic N) is 2. The van der Waals surface area contributed by atoms with Crippen molar-refractivity contribution >= 4 is 23.3 Å². The number of ether oxygens (including phenoxy) is 1. The number of hydrogen-bond acceptors (Lipinski definition) is 5. The summed E-state index contributed by atoms with van der Waals surface area (Å²) in [6, 6.07) is 3.28. The molecule has 0 unspecified atom stereocenters. The van der Waals surface area contributed by atoms with Gasteiger partial charge in [-0.1, -0.05) is 11.6 Å². The fourth-order valence-corrected chi connectivity index (χ4v) is 2.58. The minimum atomic E-state index is -0.0450. The molecule has 2 heterocycles. The van der Waals surface area contributed by atoms with E-state index in [0.29, 0.717) is 36.2 Å². The maximum atomic E-state index is 12.5. The number of nitrogens with one attached hydrogen (secondary N) is 1. The average molecular weight is 314 g/mol. The lowest BCUT2D eigenvalue weighted by Crippen LogP contribution is -2.41. The highest BCUT2D eigenvalue weighted by Gasteiger charge is 2.24. The number of carbonyl (C=O) groups excluding carboxylic acids is 1. The molecule has 0 radical (unpaired) electrons. The molecule has 0 spiro atoms. The molecule has 116 valence electrons. The molecule has 1 aliphatic rings. The Bertz CT molecular complexity index is 490. The van der Waals surface area contributed by atoms with E-state index in [9.17, 15) is 4.79 Å². The van der Waals surface area contributed by atoms with Gasteiger partial charge in [0.2, 0.25) is 0 Å². The second kappa shape index (κ2) is 7.59. The van der Waals surface area contributed by atoms with Crippen LogP contribution >= 0.6 is 11.6 Å². The molecule has 0 aliphatic carbocycles. The van der Waals surface area contributed by atoms with Gasteiger partial charge in [-0.05, 0) is 25.0 Å². The van der Waals surface area contributed by atoms with E-state index in [1.54, 1.807) is 24.1 Å². The number of amides is 1. The lowest BCUT2D eigenvalue weighted by molar-refractivity contribution is -0.00554. The number of aliphatic hydroxyl groups excluding tert-OH is 1. The Balaban J connectivity index is 1.97. The zero-order chi connectivity index (χ0) is 15.2. The van der Waals surface area contributed by atoms with E-state index in [4.69, 9.17) is 21.4 Å². The predicted molar refractivity (Wildman–Crippen MR) is 80.8 cm³/mol. The molecule has 21 heavy (non-hydrogen) atoms. The van der Waals surface area contributed by atoms with Gasteiger partial charge >= 0.3 is 0 Å². The summed E-state index contributed by atoms with van der Waals surface area (Å²) in [7, 11) is 1.73. The number of rotatable bonds is 5. The van der Waals surface area contributed by atoms with Gasteiger partial charge in [-0.3, -0.25) is 4.79 Å². The van der Waals surface area contributed by atoms with Gasteiger partial charge in [-0.2, -0.15) is 0 Å². The zero-order valence-electron chi connectivity index (χ0n) is 12.0. The van der Waals surface area contributed by atoms with Gasteiger partial charge < -0.3 is 20.1 Å². The number of aliphatic hydroxyl groups is 1. The highest BCUT2D eigenvalue weighted by molar-refractivity contribution is 6.29. The number of pyridine rings is 1. The summed E-state index contributed by atoms with van der Waals surface area (Å²) in [5.41, 5.74) is 0.536. The highest BCUT2D eigenvalue weighted by atomic mass is 35.5. The number of carbonyl (C=O) groups is 1. The first kappa shape index (κ1) is 16.0. The van der Waals surface area contributed by atoms with Crippen molar-refractivity contribution < 1.29 is 14.6 Å². The quantitative estimate of drug-likeness (QED) is 0.804. The predicted octanol–water partition coefficient (Wildman–Crippen LogP) is 1.39. The zero-order valence-corrected chi connectivity index (χ0v) is 12.8. The molecule has 1 aromatic rings. The molecule has 1 aromatic heterocycles. The molecule has 0 aromatic carbocycles. The second-order valence-electron chi connectivity index (χ2n) is 4.90. The molecule has 1 fully saturated rings. The van der Waals surface area contributed by atoms with Crippen LogP contribution in [0, 0.1) is 0 Å². The van der Waals surface area contributed by atoms with E-state index in [2.05, 4.69) is 10.3 Å². The van der Waals surface area contributed by atoms with E-state index in [-0.39, 0.29) is 18.6 Å². The molecule has 0 atom stereocenters. The van der Waals surface area contributed by atoms with Crippen LogP contribution in [0.5, 0.6) is 0 Å². The normalized spacial score (nSPS) is 16.0. The lowest BCUT2D eigenvalue weighted by Gasteiger charge is -2.32. The van der Waals surface area contributed by atoms with Crippen LogP contribution in [-0.2, 0) is 4.74 Å². The van der Waals surface area contributed by atoms with Crippen LogP contribution in [-0.4, -0.2) is 60.4 Å². The molecule has 1 amide bonds. The SMILES string of the molecule is CNc1cc(C(=O)N2CCC(OCCO)CC2)cc(Cl)n1. The topological polar surface area (TPSA) is 74.7 Å². The molecule has 0 saturated carbocycles. The third-order valence-corrected chi connectivity index (χ3v) is 3.66. The van der Waals surface area contributed by atoms with Crippen LogP contribution < -0.4 is 5.32 Å². The molecule has 0 bridgehead atoms. The largest absolute Gasteiger partial charge is 0.394 e. The Kier molecular flexibility index (Phi) is 5.78. The van der Waals surface area contributed by atoms with Crippen LogP contribution in [0.15, 0.2) is 12.1 Å². The summed E-state index contributed by atoms with van der Waals surface area (Å²) in [5, 5.41) is 11.9. The van der Waals surface area contributed by atoms with E-state index in [0.717, 1.165) is 12.8 Å². The molecule has 1 aliphatic heterocycles. The summed E-state index contributed by atoms with van der Waals surface area (Å²) >= 11 is 5.93. The molecular formula is C14H20ClN3O3. The Morgan fingerprint density at radius 3 is 2.86 bits per heavy atom. The summed E-state index contributed by atoms with van der Waals surface area (Å²) in [6.07, 6.45) is 1.68. The van der Waals surface area contributed by atoms with Crippen molar-refractivity contribution in [3.63, 3.8) is 0 Å². The second-order valence-corrected chi connectivity index (χ2v) is 5.29.